The highest BCUT2D eigenvalue weighted by Gasteiger charge is 2.40. The Kier molecular flexibility index (Phi) is 29.3. The standard InChI is InChI=1S/2C10H16N2O8.C10H13NO8.H3N/c2*13-7(14)3-11(4-8(15)16)1-2-12(5-9(17)18)6-10(19)20;12-7(13)3-11(4-8(14)15)5-9(16)18-1-2-19-10(17)6-11;/h2*1-6H2,(H,13,14)(H,15,16)(H,17,18)(H,19,20);1-6H2,(H-,12,13,14,15);1H3/p+1. The highest BCUT2D eigenvalue weighted by Crippen LogP contribution is 2.10. The van der Waals surface area contributed by atoms with E-state index < -0.39 is 155 Å². The highest BCUT2D eigenvalue weighted by atomic mass is 16.6. The number of carboxylic acids is 10. The van der Waals surface area contributed by atoms with Crippen LogP contribution < -0.4 is 6.15 Å². The number of hydrogen-bond acceptors (Lipinski definition) is 19. The third-order valence-electron chi connectivity index (χ3n) is 6.82. The van der Waals surface area contributed by atoms with E-state index >= 15 is 0 Å². The smallest absolute Gasteiger partial charge is 0.361 e. The van der Waals surface area contributed by atoms with Crippen LogP contribution in [-0.4, -0.2) is 265 Å². The van der Waals surface area contributed by atoms with Gasteiger partial charge in [-0.3, -0.25) is 62.4 Å². The molecule has 13 N–H and O–H groups in total. The molecule has 30 nitrogen and oxygen atoms in total. The number of nitrogens with zero attached hydrogens (tertiary/aromatic N) is 5. The summed E-state index contributed by atoms with van der Waals surface area (Å²) in [5.41, 5.74) is 0. The molecule has 0 unspecified atom stereocenters. The Hall–Kier alpha value is -6.60. The van der Waals surface area contributed by atoms with Gasteiger partial charge in [0, 0.05) is 26.2 Å². The minimum absolute atomic E-state index is 0. The molecule has 1 fully saturated rings. The second-order valence-corrected chi connectivity index (χ2v) is 12.2. The Labute approximate surface area is 338 Å². The van der Waals surface area contributed by atoms with Crippen molar-refractivity contribution in [2.75, 3.05) is 118 Å². The van der Waals surface area contributed by atoms with Crippen molar-refractivity contribution in [2.24, 2.45) is 0 Å². The monoisotopic (exact) mass is 877 g/mol. The zero-order valence-corrected chi connectivity index (χ0v) is 31.9. The van der Waals surface area contributed by atoms with Gasteiger partial charge in [-0.2, -0.15) is 0 Å². The van der Waals surface area contributed by atoms with E-state index in [-0.39, 0.29) is 45.5 Å². The lowest BCUT2D eigenvalue weighted by atomic mass is 10.3. The van der Waals surface area contributed by atoms with Crippen molar-refractivity contribution in [1.29, 1.82) is 0 Å². The van der Waals surface area contributed by atoms with Gasteiger partial charge < -0.3 is 66.7 Å². The summed E-state index contributed by atoms with van der Waals surface area (Å²) in [6.07, 6.45) is 0. The van der Waals surface area contributed by atoms with E-state index in [0.29, 0.717) is 0 Å². The van der Waals surface area contributed by atoms with E-state index in [4.69, 9.17) is 60.5 Å². The molecule has 0 aromatic heterocycles. The molecule has 0 bridgehead atoms. The predicted octanol–water partition coefficient (Wildman–Crippen LogP) is -5.91. The van der Waals surface area contributed by atoms with E-state index in [2.05, 4.69) is 0 Å². The summed E-state index contributed by atoms with van der Waals surface area (Å²) in [4.78, 5) is 133. The quantitative estimate of drug-likeness (QED) is 0.0285. The Morgan fingerprint density at radius 2 is 0.567 bits per heavy atom. The molecular weight excluding hydrogens is 828 g/mol. The zero-order valence-electron chi connectivity index (χ0n) is 31.9. The van der Waals surface area contributed by atoms with Crippen LogP contribution in [-0.2, 0) is 67.0 Å². The first-order valence-electron chi connectivity index (χ1n) is 16.5. The molecule has 60 heavy (non-hydrogen) atoms. The van der Waals surface area contributed by atoms with Gasteiger partial charge in [0.2, 0.25) is 0 Å². The number of carbonyl (C=O) groups excluding carboxylic acids is 2. The van der Waals surface area contributed by atoms with Crippen LogP contribution in [0.3, 0.4) is 0 Å². The van der Waals surface area contributed by atoms with E-state index in [9.17, 15) is 57.5 Å². The third kappa shape index (κ3) is 33.5. The lowest BCUT2D eigenvalue weighted by Crippen LogP contribution is -2.58. The third-order valence-corrected chi connectivity index (χ3v) is 6.82. The van der Waals surface area contributed by atoms with Gasteiger partial charge in [-0.1, -0.05) is 0 Å². The molecule has 0 radical (unpaired) electrons. The van der Waals surface area contributed by atoms with Gasteiger partial charge in [0.25, 0.3) is 0 Å². The van der Waals surface area contributed by atoms with Gasteiger partial charge in [0.15, 0.2) is 26.2 Å². The summed E-state index contributed by atoms with van der Waals surface area (Å²) in [6.45, 7) is -7.15. The molecule has 1 aliphatic rings. The van der Waals surface area contributed by atoms with Crippen LogP contribution in [0.25, 0.3) is 0 Å². The average molecular weight is 878 g/mol. The lowest BCUT2D eigenvalue weighted by molar-refractivity contribution is -0.900. The molecule has 0 amide bonds. The summed E-state index contributed by atoms with van der Waals surface area (Å²) in [5.74, 6) is -14.0. The van der Waals surface area contributed by atoms with Gasteiger partial charge in [0.1, 0.15) is 13.2 Å². The van der Waals surface area contributed by atoms with Crippen LogP contribution in [0.4, 0.5) is 0 Å². The van der Waals surface area contributed by atoms with E-state index in [1.807, 2.05) is 0 Å². The van der Waals surface area contributed by atoms with Crippen molar-refractivity contribution in [3.05, 3.63) is 0 Å². The molecule has 1 heterocycles. The second-order valence-electron chi connectivity index (χ2n) is 12.2. The lowest BCUT2D eigenvalue weighted by Gasteiger charge is -2.32. The Morgan fingerprint density at radius 3 is 0.717 bits per heavy atom. The maximum absolute atomic E-state index is 11.5. The first-order valence-corrected chi connectivity index (χ1v) is 16.5. The van der Waals surface area contributed by atoms with Gasteiger partial charge in [-0.25, -0.2) is 19.2 Å². The van der Waals surface area contributed by atoms with Crippen molar-refractivity contribution in [1.82, 2.24) is 25.8 Å². The molecule has 0 spiro atoms. The molecule has 0 saturated carbocycles. The van der Waals surface area contributed by atoms with E-state index in [1.54, 1.807) is 0 Å². The first kappa shape index (κ1) is 57.7. The molecule has 0 aromatic rings. The van der Waals surface area contributed by atoms with E-state index in [0.717, 1.165) is 19.6 Å². The Balaban J connectivity index is -0.000000806. The summed E-state index contributed by atoms with van der Waals surface area (Å²) in [5, 5.41) is 86.6. The van der Waals surface area contributed by atoms with Crippen molar-refractivity contribution < 1.29 is 123 Å². The maximum Gasteiger partial charge on any atom is 0.361 e. The summed E-state index contributed by atoms with van der Waals surface area (Å²) < 4.78 is 8.66. The summed E-state index contributed by atoms with van der Waals surface area (Å²) >= 11 is 0. The normalized spacial score (nSPS) is 13.3. The number of aliphatic carboxylic acids is 10. The van der Waals surface area contributed by atoms with Crippen molar-refractivity contribution in [2.45, 2.75) is 0 Å². The summed E-state index contributed by atoms with van der Waals surface area (Å²) in [6, 6.07) is 0. The molecule has 0 atom stereocenters. The second kappa shape index (κ2) is 30.5. The number of rotatable bonds is 26. The number of hydrogen-bond donors (Lipinski definition) is 11. The zero-order chi connectivity index (χ0) is 45.9. The minimum Gasteiger partial charge on any atom is -0.480 e. The number of quaternary nitrogens is 1. The highest BCUT2D eigenvalue weighted by molar-refractivity contribution is 5.77. The molecule has 0 aromatic carbocycles. The van der Waals surface area contributed by atoms with Crippen LogP contribution >= 0.6 is 0 Å². The molecular formula is C30H49N6O24+. The average Bonchev–Trinajstić information content (AvgIpc) is 3.08. The van der Waals surface area contributed by atoms with Crippen LogP contribution in [0.1, 0.15) is 0 Å². The number of carboxylic acid groups (broad SMARTS) is 10. The fraction of sp³-hybridized carbons (Fsp3) is 0.600. The molecule has 342 valence electrons. The topological polar surface area (TPSA) is 474 Å². The first-order chi connectivity index (χ1) is 27.2. The van der Waals surface area contributed by atoms with Gasteiger partial charge in [-0.15, -0.1) is 0 Å². The van der Waals surface area contributed by atoms with Crippen LogP contribution in [0, 0.1) is 0 Å². The molecule has 1 aliphatic heterocycles. The van der Waals surface area contributed by atoms with Crippen LogP contribution in [0.5, 0.6) is 0 Å². The van der Waals surface area contributed by atoms with Gasteiger partial charge in [-0.05, 0) is 0 Å². The SMILES string of the molecule is N.O=C(O)CN(CCN(CC(=O)O)CC(=O)O)CC(=O)O.O=C(O)CN(CCN(CC(=O)O)CC(=O)O)CC(=O)O.O=C(O)C[N+]1(CC(=O)O)CC(=O)OCCOC(=O)C1. The van der Waals surface area contributed by atoms with Crippen molar-refractivity contribution >= 4 is 71.6 Å². The molecule has 0 aliphatic carbocycles. The summed E-state index contributed by atoms with van der Waals surface area (Å²) in [7, 11) is 0. The number of carbonyl (C=O) groups is 12. The van der Waals surface area contributed by atoms with Gasteiger partial charge >= 0.3 is 71.6 Å². The number of ether oxygens (including phenoxy) is 2. The van der Waals surface area contributed by atoms with Crippen LogP contribution in [0.2, 0.25) is 0 Å². The Bertz CT molecular complexity index is 1280. The molecule has 1 rings (SSSR count). The van der Waals surface area contributed by atoms with Crippen molar-refractivity contribution in [3.63, 3.8) is 0 Å². The fourth-order valence-corrected chi connectivity index (χ4v) is 4.81. The largest absolute Gasteiger partial charge is 0.480 e. The predicted molar refractivity (Wildman–Crippen MR) is 189 cm³/mol. The van der Waals surface area contributed by atoms with Crippen LogP contribution in [0.15, 0.2) is 0 Å². The van der Waals surface area contributed by atoms with Gasteiger partial charge in [0.05, 0.1) is 52.4 Å². The fourth-order valence-electron chi connectivity index (χ4n) is 4.81. The molecule has 1 saturated heterocycles. The molecule has 30 heteroatoms. The number of cyclic esters (lactones) is 2. The minimum atomic E-state index is -1.32. The Morgan fingerprint density at radius 1 is 0.383 bits per heavy atom. The number of esters is 2. The maximum atomic E-state index is 11.5. The van der Waals surface area contributed by atoms with E-state index in [1.165, 1.54) is 0 Å². The van der Waals surface area contributed by atoms with Crippen molar-refractivity contribution in [3.8, 4) is 0 Å².